The standard InChI is InChI=1S/C15H23NO2/c1-5-11(4)16-14(15(17)18)13-8-6-12(7-9-13)10(2)3/h6-11,14,16H,5H2,1-4H3,(H,17,18). The first-order valence-electron chi connectivity index (χ1n) is 6.54. The molecule has 1 rings (SSSR count). The Morgan fingerprint density at radius 2 is 1.67 bits per heavy atom. The molecule has 0 saturated carbocycles. The normalized spacial score (nSPS) is 14.5. The predicted octanol–water partition coefficient (Wildman–Crippen LogP) is 3.32. The van der Waals surface area contributed by atoms with Gasteiger partial charge in [-0.3, -0.25) is 10.1 Å². The van der Waals surface area contributed by atoms with Crippen molar-refractivity contribution in [2.24, 2.45) is 0 Å². The van der Waals surface area contributed by atoms with Crippen LogP contribution in [0.2, 0.25) is 0 Å². The average molecular weight is 249 g/mol. The molecule has 18 heavy (non-hydrogen) atoms. The number of carboxylic acid groups (broad SMARTS) is 1. The summed E-state index contributed by atoms with van der Waals surface area (Å²) in [5.74, 6) is -0.363. The molecule has 0 aromatic heterocycles. The number of hydrogen-bond donors (Lipinski definition) is 2. The van der Waals surface area contributed by atoms with Crippen LogP contribution in [0.15, 0.2) is 24.3 Å². The third-order valence-corrected chi connectivity index (χ3v) is 3.25. The van der Waals surface area contributed by atoms with Crippen LogP contribution in [0.1, 0.15) is 57.2 Å². The van der Waals surface area contributed by atoms with Crippen LogP contribution in [0.25, 0.3) is 0 Å². The Kier molecular flexibility index (Phi) is 5.35. The number of hydrogen-bond acceptors (Lipinski definition) is 2. The first kappa shape index (κ1) is 14.7. The molecule has 0 aliphatic heterocycles. The van der Waals surface area contributed by atoms with Gasteiger partial charge < -0.3 is 5.11 Å². The fourth-order valence-corrected chi connectivity index (χ4v) is 1.79. The summed E-state index contributed by atoms with van der Waals surface area (Å²) >= 11 is 0. The molecule has 0 bridgehead atoms. The summed E-state index contributed by atoms with van der Waals surface area (Å²) in [6, 6.07) is 7.40. The van der Waals surface area contributed by atoms with Crippen LogP contribution in [-0.2, 0) is 4.79 Å². The van der Waals surface area contributed by atoms with Gasteiger partial charge in [0, 0.05) is 6.04 Å². The van der Waals surface area contributed by atoms with Crippen LogP contribution in [0.4, 0.5) is 0 Å². The van der Waals surface area contributed by atoms with Crippen LogP contribution in [0.3, 0.4) is 0 Å². The molecule has 0 aliphatic carbocycles. The van der Waals surface area contributed by atoms with Crippen molar-refractivity contribution in [2.45, 2.75) is 52.1 Å². The lowest BCUT2D eigenvalue weighted by Gasteiger charge is -2.20. The lowest BCUT2D eigenvalue weighted by atomic mass is 9.98. The summed E-state index contributed by atoms with van der Waals surface area (Å²) < 4.78 is 0. The van der Waals surface area contributed by atoms with E-state index in [1.165, 1.54) is 5.56 Å². The van der Waals surface area contributed by atoms with E-state index in [1.807, 2.05) is 38.1 Å². The number of aliphatic carboxylic acids is 1. The van der Waals surface area contributed by atoms with E-state index >= 15 is 0 Å². The SMILES string of the molecule is CCC(C)NC(C(=O)O)c1ccc(C(C)C)cc1. The Morgan fingerprint density at radius 3 is 2.06 bits per heavy atom. The van der Waals surface area contributed by atoms with Gasteiger partial charge in [-0.05, 0) is 30.4 Å². The molecule has 0 amide bonds. The van der Waals surface area contributed by atoms with E-state index in [9.17, 15) is 9.90 Å². The predicted molar refractivity (Wildman–Crippen MR) is 73.8 cm³/mol. The molecular weight excluding hydrogens is 226 g/mol. The molecule has 0 radical (unpaired) electrons. The van der Waals surface area contributed by atoms with Crippen LogP contribution < -0.4 is 5.32 Å². The second-order valence-corrected chi connectivity index (χ2v) is 5.07. The van der Waals surface area contributed by atoms with Crippen molar-refractivity contribution in [2.75, 3.05) is 0 Å². The molecule has 0 aliphatic rings. The highest BCUT2D eigenvalue weighted by atomic mass is 16.4. The largest absolute Gasteiger partial charge is 0.480 e. The summed E-state index contributed by atoms with van der Waals surface area (Å²) in [6.45, 7) is 8.29. The molecule has 3 heteroatoms. The van der Waals surface area contributed by atoms with Gasteiger partial charge >= 0.3 is 5.97 Å². The van der Waals surface area contributed by atoms with Crippen LogP contribution in [0.5, 0.6) is 0 Å². The fourth-order valence-electron chi connectivity index (χ4n) is 1.79. The minimum Gasteiger partial charge on any atom is -0.480 e. The number of carboxylic acids is 1. The van der Waals surface area contributed by atoms with Crippen molar-refractivity contribution in [1.29, 1.82) is 0 Å². The number of rotatable bonds is 6. The topological polar surface area (TPSA) is 49.3 Å². The highest BCUT2D eigenvalue weighted by Crippen LogP contribution is 2.19. The Labute approximate surface area is 109 Å². The summed E-state index contributed by atoms with van der Waals surface area (Å²) in [7, 11) is 0. The van der Waals surface area contributed by atoms with Crippen molar-refractivity contribution < 1.29 is 9.90 Å². The maximum absolute atomic E-state index is 11.3. The Bertz CT molecular complexity index is 384. The van der Waals surface area contributed by atoms with Crippen molar-refractivity contribution in [3.63, 3.8) is 0 Å². The van der Waals surface area contributed by atoms with Crippen LogP contribution in [0, 0.1) is 0 Å². The van der Waals surface area contributed by atoms with Crippen LogP contribution in [-0.4, -0.2) is 17.1 Å². The van der Waals surface area contributed by atoms with Crippen molar-refractivity contribution in [1.82, 2.24) is 5.32 Å². The zero-order valence-electron chi connectivity index (χ0n) is 11.6. The lowest BCUT2D eigenvalue weighted by Crippen LogP contribution is -2.34. The highest BCUT2D eigenvalue weighted by Gasteiger charge is 2.20. The van der Waals surface area contributed by atoms with Crippen molar-refractivity contribution in [3.05, 3.63) is 35.4 Å². The molecule has 0 spiro atoms. The summed E-state index contributed by atoms with van der Waals surface area (Å²) in [6.07, 6.45) is 0.911. The molecule has 0 heterocycles. The Morgan fingerprint density at radius 1 is 1.17 bits per heavy atom. The second-order valence-electron chi connectivity index (χ2n) is 5.07. The first-order valence-corrected chi connectivity index (χ1v) is 6.54. The van der Waals surface area contributed by atoms with Crippen molar-refractivity contribution in [3.8, 4) is 0 Å². The zero-order valence-corrected chi connectivity index (χ0v) is 11.6. The fraction of sp³-hybridized carbons (Fsp3) is 0.533. The zero-order chi connectivity index (χ0) is 13.7. The van der Waals surface area contributed by atoms with Gasteiger partial charge in [0.2, 0.25) is 0 Å². The van der Waals surface area contributed by atoms with E-state index < -0.39 is 12.0 Å². The minimum atomic E-state index is -0.826. The molecule has 100 valence electrons. The Hall–Kier alpha value is -1.35. The van der Waals surface area contributed by atoms with Gasteiger partial charge in [0.1, 0.15) is 6.04 Å². The molecule has 1 aromatic rings. The molecule has 2 unspecified atom stereocenters. The maximum atomic E-state index is 11.3. The molecule has 2 atom stereocenters. The first-order chi connectivity index (χ1) is 8.45. The number of benzene rings is 1. The van der Waals surface area contributed by atoms with Gasteiger partial charge in [-0.1, -0.05) is 45.0 Å². The molecule has 1 aromatic carbocycles. The van der Waals surface area contributed by atoms with E-state index in [0.29, 0.717) is 5.92 Å². The van der Waals surface area contributed by atoms with Gasteiger partial charge in [-0.2, -0.15) is 0 Å². The van der Waals surface area contributed by atoms with Gasteiger partial charge in [0.25, 0.3) is 0 Å². The van der Waals surface area contributed by atoms with Gasteiger partial charge in [-0.15, -0.1) is 0 Å². The van der Waals surface area contributed by atoms with Gasteiger partial charge in [-0.25, -0.2) is 0 Å². The molecule has 0 saturated heterocycles. The molecule has 0 fully saturated rings. The monoisotopic (exact) mass is 249 g/mol. The quantitative estimate of drug-likeness (QED) is 0.813. The van der Waals surface area contributed by atoms with Crippen LogP contribution >= 0.6 is 0 Å². The smallest absolute Gasteiger partial charge is 0.325 e. The average Bonchev–Trinajstić information content (AvgIpc) is 2.35. The van der Waals surface area contributed by atoms with Gasteiger partial charge in [0.05, 0.1) is 0 Å². The Balaban J connectivity index is 2.89. The minimum absolute atomic E-state index is 0.191. The lowest BCUT2D eigenvalue weighted by molar-refractivity contribution is -0.139. The summed E-state index contributed by atoms with van der Waals surface area (Å²) in [5, 5.41) is 12.4. The number of nitrogens with one attached hydrogen (secondary N) is 1. The van der Waals surface area contributed by atoms with E-state index in [0.717, 1.165) is 12.0 Å². The van der Waals surface area contributed by atoms with E-state index in [1.54, 1.807) is 0 Å². The van der Waals surface area contributed by atoms with Gasteiger partial charge in [0.15, 0.2) is 0 Å². The van der Waals surface area contributed by atoms with E-state index in [-0.39, 0.29) is 6.04 Å². The summed E-state index contributed by atoms with van der Waals surface area (Å²) in [4.78, 5) is 11.3. The van der Waals surface area contributed by atoms with Crippen molar-refractivity contribution >= 4 is 5.97 Å². The molecular formula is C15H23NO2. The van der Waals surface area contributed by atoms with E-state index in [2.05, 4.69) is 19.2 Å². The van der Waals surface area contributed by atoms with E-state index in [4.69, 9.17) is 0 Å². The third kappa shape index (κ3) is 3.84. The molecule has 2 N–H and O–H groups in total. The second kappa shape index (κ2) is 6.55. The molecule has 3 nitrogen and oxygen atoms in total. The summed E-state index contributed by atoms with van der Waals surface area (Å²) in [5.41, 5.74) is 2.04. The maximum Gasteiger partial charge on any atom is 0.325 e. The number of carbonyl (C=O) groups is 1. The third-order valence-electron chi connectivity index (χ3n) is 3.25. The highest BCUT2D eigenvalue weighted by molar-refractivity contribution is 5.75.